The number of hydrogen-bond donors (Lipinski definition) is 1. The van der Waals surface area contributed by atoms with E-state index in [1.54, 1.807) is 16.8 Å². The Bertz CT molecular complexity index is 378. The lowest BCUT2D eigenvalue weighted by molar-refractivity contribution is 0.0666. The Kier molecular flexibility index (Phi) is 3.89. The van der Waals surface area contributed by atoms with Crippen LogP contribution >= 0.6 is 0 Å². The van der Waals surface area contributed by atoms with E-state index in [1.807, 2.05) is 6.07 Å². The van der Waals surface area contributed by atoms with Gasteiger partial charge in [-0.1, -0.05) is 0 Å². The zero-order chi connectivity index (χ0) is 11.3. The number of rotatable bonds is 5. The van der Waals surface area contributed by atoms with Crippen LogP contribution in [0.25, 0.3) is 0 Å². The molecule has 0 radical (unpaired) electrons. The van der Waals surface area contributed by atoms with E-state index in [1.165, 1.54) is 13.2 Å². The van der Waals surface area contributed by atoms with Gasteiger partial charge < -0.3 is 14.4 Å². The maximum Gasteiger partial charge on any atom is 0.352 e. The minimum atomic E-state index is -0.980. The topological polar surface area (TPSA) is 75.2 Å². The standard InChI is InChI=1S/C10H12N2O3/c1-15-8(4-5-11)7-12-6-2-3-9(12)10(13)14/h2-3,6,8H,4,7H2,1H3,(H,13,14)/t8-/m1/s1. The van der Waals surface area contributed by atoms with Crippen LogP contribution in [-0.4, -0.2) is 28.9 Å². The fourth-order valence-electron chi connectivity index (χ4n) is 1.31. The fourth-order valence-corrected chi connectivity index (χ4v) is 1.31. The van der Waals surface area contributed by atoms with E-state index in [0.29, 0.717) is 6.54 Å². The van der Waals surface area contributed by atoms with Gasteiger partial charge in [0, 0.05) is 13.3 Å². The van der Waals surface area contributed by atoms with Gasteiger partial charge in [0.15, 0.2) is 0 Å². The van der Waals surface area contributed by atoms with Crippen molar-refractivity contribution in [2.24, 2.45) is 0 Å². The summed E-state index contributed by atoms with van der Waals surface area (Å²) >= 11 is 0. The Hall–Kier alpha value is -1.80. The molecule has 0 amide bonds. The SMILES string of the molecule is CO[C@H](CC#N)Cn1cccc1C(=O)O. The molecule has 0 unspecified atom stereocenters. The predicted molar refractivity (Wildman–Crippen MR) is 52.4 cm³/mol. The molecular weight excluding hydrogens is 196 g/mol. The van der Waals surface area contributed by atoms with Crippen molar-refractivity contribution in [1.29, 1.82) is 5.26 Å². The van der Waals surface area contributed by atoms with Gasteiger partial charge in [-0.2, -0.15) is 5.26 Å². The van der Waals surface area contributed by atoms with E-state index >= 15 is 0 Å². The van der Waals surface area contributed by atoms with Crippen molar-refractivity contribution in [1.82, 2.24) is 4.57 Å². The average Bonchev–Trinajstić information content (AvgIpc) is 2.65. The van der Waals surface area contributed by atoms with Gasteiger partial charge in [-0.05, 0) is 12.1 Å². The smallest absolute Gasteiger partial charge is 0.352 e. The maximum absolute atomic E-state index is 10.8. The Morgan fingerprint density at radius 3 is 3.07 bits per heavy atom. The summed E-state index contributed by atoms with van der Waals surface area (Å²) in [6.45, 7) is 0.374. The van der Waals surface area contributed by atoms with Gasteiger partial charge in [0.1, 0.15) is 5.69 Å². The summed E-state index contributed by atoms with van der Waals surface area (Å²) in [6.07, 6.45) is 1.63. The van der Waals surface area contributed by atoms with E-state index in [2.05, 4.69) is 0 Å². The highest BCUT2D eigenvalue weighted by Crippen LogP contribution is 2.07. The van der Waals surface area contributed by atoms with E-state index in [4.69, 9.17) is 15.1 Å². The van der Waals surface area contributed by atoms with Crippen LogP contribution in [0.3, 0.4) is 0 Å². The van der Waals surface area contributed by atoms with Gasteiger partial charge in [0.2, 0.25) is 0 Å². The maximum atomic E-state index is 10.8. The van der Waals surface area contributed by atoms with Gasteiger partial charge in [-0.15, -0.1) is 0 Å². The number of nitrogens with zero attached hydrogens (tertiary/aromatic N) is 2. The summed E-state index contributed by atoms with van der Waals surface area (Å²) in [6, 6.07) is 5.16. The molecule has 0 bridgehead atoms. The second-order valence-corrected chi connectivity index (χ2v) is 3.07. The van der Waals surface area contributed by atoms with Crippen LogP contribution in [-0.2, 0) is 11.3 Å². The predicted octanol–water partition coefficient (Wildman–Crippen LogP) is 1.11. The molecule has 0 aromatic carbocycles. The molecule has 5 heteroatoms. The van der Waals surface area contributed by atoms with Gasteiger partial charge in [0.25, 0.3) is 0 Å². The molecule has 0 saturated heterocycles. The molecule has 0 saturated carbocycles. The summed E-state index contributed by atoms with van der Waals surface area (Å²) in [4.78, 5) is 10.8. The molecule has 1 heterocycles. The van der Waals surface area contributed by atoms with Crippen molar-refractivity contribution in [2.75, 3.05) is 7.11 Å². The van der Waals surface area contributed by atoms with E-state index in [0.717, 1.165) is 0 Å². The summed E-state index contributed by atoms with van der Waals surface area (Å²) in [7, 11) is 1.51. The normalized spacial score (nSPS) is 12.0. The van der Waals surface area contributed by atoms with Gasteiger partial charge in [0.05, 0.1) is 25.1 Å². The minimum Gasteiger partial charge on any atom is -0.477 e. The first-order valence-corrected chi connectivity index (χ1v) is 4.47. The van der Waals surface area contributed by atoms with Crippen molar-refractivity contribution >= 4 is 5.97 Å². The first-order valence-electron chi connectivity index (χ1n) is 4.47. The van der Waals surface area contributed by atoms with E-state index in [9.17, 15) is 4.79 Å². The molecule has 1 aromatic heterocycles. The first-order chi connectivity index (χ1) is 7.19. The molecule has 1 rings (SSSR count). The zero-order valence-corrected chi connectivity index (χ0v) is 8.38. The third kappa shape index (κ3) is 2.82. The lowest BCUT2D eigenvalue weighted by atomic mass is 10.2. The van der Waals surface area contributed by atoms with Crippen molar-refractivity contribution in [3.05, 3.63) is 24.0 Å². The molecule has 0 aliphatic rings. The number of methoxy groups -OCH3 is 1. The van der Waals surface area contributed by atoms with Gasteiger partial charge >= 0.3 is 5.97 Å². The number of carboxylic acids is 1. The number of aromatic nitrogens is 1. The van der Waals surface area contributed by atoms with Crippen LogP contribution in [0.5, 0.6) is 0 Å². The molecular formula is C10H12N2O3. The summed E-state index contributed by atoms with van der Waals surface area (Å²) in [5.41, 5.74) is 0.204. The van der Waals surface area contributed by atoms with Crippen molar-refractivity contribution < 1.29 is 14.6 Å². The lowest BCUT2D eigenvalue weighted by Crippen LogP contribution is -2.20. The highest BCUT2D eigenvalue weighted by Gasteiger charge is 2.13. The van der Waals surface area contributed by atoms with Crippen LogP contribution < -0.4 is 0 Å². The Morgan fingerprint density at radius 2 is 2.53 bits per heavy atom. The Balaban J connectivity index is 2.75. The largest absolute Gasteiger partial charge is 0.477 e. The molecule has 15 heavy (non-hydrogen) atoms. The third-order valence-corrected chi connectivity index (χ3v) is 2.10. The highest BCUT2D eigenvalue weighted by atomic mass is 16.5. The number of aromatic carboxylic acids is 1. The van der Waals surface area contributed by atoms with Crippen LogP contribution in [0.4, 0.5) is 0 Å². The van der Waals surface area contributed by atoms with Gasteiger partial charge in [-0.3, -0.25) is 0 Å². The number of carboxylic acid groups (broad SMARTS) is 1. The minimum absolute atomic E-state index is 0.204. The highest BCUT2D eigenvalue weighted by molar-refractivity contribution is 5.85. The molecule has 0 fully saturated rings. The Labute approximate surface area is 87.5 Å². The number of hydrogen-bond acceptors (Lipinski definition) is 3. The monoisotopic (exact) mass is 208 g/mol. The summed E-state index contributed by atoms with van der Waals surface area (Å²) in [5.74, 6) is -0.980. The second-order valence-electron chi connectivity index (χ2n) is 3.07. The van der Waals surface area contributed by atoms with Crippen LogP contribution in [0.2, 0.25) is 0 Å². The molecule has 80 valence electrons. The Morgan fingerprint density at radius 1 is 1.80 bits per heavy atom. The van der Waals surface area contributed by atoms with Crippen molar-refractivity contribution in [2.45, 2.75) is 19.1 Å². The molecule has 0 aliphatic heterocycles. The lowest BCUT2D eigenvalue weighted by Gasteiger charge is -2.13. The summed E-state index contributed by atoms with van der Waals surface area (Å²) < 4.78 is 6.63. The molecule has 1 atom stereocenters. The molecule has 5 nitrogen and oxygen atoms in total. The van der Waals surface area contributed by atoms with E-state index in [-0.39, 0.29) is 18.2 Å². The molecule has 0 aliphatic carbocycles. The van der Waals surface area contributed by atoms with E-state index < -0.39 is 5.97 Å². The quantitative estimate of drug-likeness (QED) is 0.786. The van der Waals surface area contributed by atoms with Crippen LogP contribution in [0.15, 0.2) is 18.3 Å². The van der Waals surface area contributed by atoms with Crippen LogP contribution in [0, 0.1) is 11.3 Å². The summed E-state index contributed by atoms with van der Waals surface area (Å²) in [5, 5.41) is 17.4. The third-order valence-electron chi connectivity index (χ3n) is 2.10. The van der Waals surface area contributed by atoms with Crippen molar-refractivity contribution in [3.8, 4) is 6.07 Å². The molecule has 1 N–H and O–H groups in total. The second kappa shape index (κ2) is 5.17. The fraction of sp³-hybridized carbons (Fsp3) is 0.400. The molecule has 1 aromatic rings. The van der Waals surface area contributed by atoms with Crippen LogP contribution in [0.1, 0.15) is 16.9 Å². The zero-order valence-electron chi connectivity index (χ0n) is 8.38. The number of nitriles is 1. The molecule has 0 spiro atoms. The number of ether oxygens (including phenoxy) is 1. The average molecular weight is 208 g/mol. The first kappa shape index (κ1) is 11.3. The van der Waals surface area contributed by atoms with Gasteiger partial charge in [-0.25, -0.2) is 4.79 Å². The number of carbonyl (C=O) groups is 1. The van der Waals surface area contributed by atoms with Crippen molar-refractivity contribution in [3.63, 3.8) is 0 Å².